The normalized spacial score (nSPS) is 12.4. The highest BCUT2D eigenvalue weighted by atomic mass is 79.9. The van der Waals surface area contributed by atoms with Crippen LogP contribution in [0, 0.1) is 0 Å². The van der Waals surface area contributed by atoms with Crippen LogP contribution >= 0.6 is 39.3 Å². The first-order valence-corrected chi connectivity index (χ1v) is 7.95. The van der Waals surface area contributed by atoms with Crippen LogP contribution in [0.1, 0.15) is 5.56 Å². The average Bonchev–Trinajstić information content (AvgIpc) is 2.41. The fraction of sp³-hybridized carbons (Fsp3) is 0.214. The van der Waals surface area contributed by atoms with E-state index in [9.17, 15) is 5.11 Å². The monoisotopic (exact) mass is 357 g/mol. The summed E-state index contributed by atoms with van der Waals surface area (Å²) in [7, 11) is 0. The molecule has 0 amide bonds. The third-order valence-electron chi connectivity index (χ3n) is 2.57. The highest BCUT2D eigenvalue weighted by molar-refractivity contribution is 9.10. The number of hydrogen-bond donors (Lipinski definition) is 1. The van der Waals surface area contributed by atoms with Crippen LogP contribution < -0.4 is 0 Å². The van der Waals surface area contributed by atoms with E-state index in [0.29, 0.717) is 17.2 Å². The Labute approximate surface area is 130 Å². The van der Waals surface area contributed by atoms with Crippen LogP contribution in [-0.4, -0.2) is 21.9 Å². The minimum absolute atomic E-state index is 0.423. The van der Waals surface area contributed by atoms with Crippen LogP contribution in [0.5, 0.6) is 0 Å². The number of hydrogen-bond acceptors (Lipinski definition) is 3. The minimum Gasteiger partial charge on any atom is -0.392 e. The molecule has 1 N–H and O–H groups in total. The van der Waals surface area contributed by atoms with Crippen molar-refractivity contribution in [1.29, 1.82) is 0 Å². The van der Waals surface area contributed by atoms with Crippen molar-refractivity contribution >= 4 is 39.3 Å². The fourth-order valence-electron chi connectivity index (χ4n) is 1.61. The van der Waals surface area contributed by atoms with Crippen molar-refractivity contribution in [1.82, 2.24) is 4.98 Å². The maximum Gasteiger partial charge on any atom is 0.0674 e. The lowest BCUT2D eigenvalue weighted by atomic mass is 10.1. The Morgan fingerprint density at radius 1 is 1.26 bits per heavy atom. The van der Waals surface area contributed by atoms with Gasteiger partial charge in [0.05, 0.1) is 11.1 Å². The van der Waals surface area contributed by atoms with Crippen molar-refractivity contribution in [2.75, 3.05) is 5.75 Å². The molecule has 0 bridgehead atoms. The summed E-state index contributed by atoms with van der Waals surface area (Å²) in [6, 6.07) is 9.89. The molecule has 0 saturated heterocycles. The maximum absolute atomic E-state index is 10.0. The zero-order chi connectivity index (χ0) is 13.7. The summed E-state index contributed by atoms with van der Waals surface area (Å²) in [6.07, 6.45) is 3.42. The quantitative estimate of drug-likeness (QED) is 0.813. The van der Waals surface area contributed by atoms with Crippen molar-refractivity contribution < 1.29 is 5.11 Å². The molecule has 2 rings (SSSR count). The summed E-state index contributed by atoms with van der Waals surface area (Å²) in [5, 5.41) is 10.6. The van der Waals surface area contributed by atoms with Crippen LogP contribution in [0.4, 0.5) is 0 Å². The molecule has 1 heterocycles. The number of nitrogens with zero attached hydrogens (tertiary/aromatic N) is 1. The fourth-order valence-corrected chi connectivity index (χ4v) is 2.90. The number of aliphatic hydroxyl groups is 1. The smallest absolute Gasteiger partial charge is 0.0674 e. The Bertz CT molecular complexity index is 535. The topological polar surface area (TPSA) is 33.1 Å². The largest absolute Gasteiger partial charge is 0.392 e. The Hall–Kier alpha value is -0.550. The molecule has 0 aliphatic rings. The first kappa shape index (κ1) is 14.9. The minimum atomic E-state index is -0.423. The van der Waals surface area contributed by atoms with Gasteiger partial charge in [-0.3, -0.25) is 4.98 Å². The molecule has 5 heteroatoms. The van der Waals surface area contributed by atoms with Gasteiger partial charge in [-0.05, 0) is 35.9 Å². The van der Waals surface area contributed by atoms with Crippen LogP contribution in [0.2, 0.25) is 5.02 Å². The van der Waals surface area contributed by atoms with E-state index in [1.54, 1.807) is 24.2 Å². The van der Waals surface area contributed by atoms with E-state index >= 15 is 0 Å². The Morgan fingerprint density at radius 2 is 2.00 bits per heavy atom. The van der Waals surface area contributed by atoms with Crippen molar-refractivity contribution in [3.8, 4) is 0 Å². The van der Waals surface area contributed by atoms with Gasteiger partial charge in [-0.25, -0.2) is 0 Å². The van der Waals surface area contributed by atoms with Gasteiger partial charge in [0.15, 0.2) is 0 Å². The number of benzene rings is 1. The molecule has 19 heavy (non-hydrogen) atoms. The van der Waals surface area contributed by atoms with Crippen molar-refractivity contribution in [2.24, 2.45) is 0 Å². The Kier molecular flexibility index (Phi) is 5.70. The van der Waals surface area contributed by atoms with E-state index < -0.39 is 6.10 Å². The first-order chi connectivity index (χ1) is 9.15. The number of aliphatic hydroxyl groups excluding tert-OH is 1. The number of aromatic nitrogens is 1. The van der Waals surface area contributed by atoms with E-state index in [0.717, 1.165) is 14.9 Å². The van der Waals surface area contributed by atoms with E-state index in [2.05, 4.69) is 20.9 Å². The molecule has 1 unspecified atom stereocenters. The summed E-state index contributed by atoms with van der Waals surface area (Å²) in [4.78, 5) is 5.07. The van der Waals surface area contributed by atoms with Gasteiger partial charge in [-0.1, -0.05) is 27.5 Å². The van der Waals surface area contributed by atoms with Gasteiger partial charge < -0.3 is 5.11 Å². The van der Waals surface area contributed by atoms with Crippen LogP contribution in [0.15, 0.2) is 52.1 Å². The molecule has 1 atom stereocenters. The molecule has 2 nitrogen and oxygen atoms in total. The summed E-state index contributed by atoms with van der Waals surface area (Å²) in [5.41, 5.74) is 0.931. The van der Waals surface area contributed by atoms with Crippen molar-refractivity contribution in [3.05, 3.63) is 57.8 Å². The lowest BCUT2D eigenvalue weighted by molar-refractivity contribution is 0.200. The third-order valence-corrected chi connectivity index (χ3v) is 4.59. The average molecular weight is 359 g/mol. The molecule has 1 aromatic heterocycles. The van der Waals surface area contributed by atoms with Gasteiger partial charge >= 0.3 is 0 Å². The van der Waals surface area contributed by atoms with Gasteiger partial charge in [0.25, 0.3) is 0 Å². The molecule has 2 aromatic rings. The zero-order valence-electron chi connectivity index (χ0n) is 10.1. The van der Waals surface area contributed by atoms with Crippen LogP contribution in [-0.2, 0) is 6.42 Å². The van der Waals surface area contributed by atoms with Gasteiger partial charge in [0, 0.05) is 33.9 Å². The second kappa shape index (κ2) is 7.29. The van der Waals surface area contributed by atoms with Gasteiger partial charge in [-0.15, -0.1) is 11.8 Å². The lowest BCUT2D eigenvalue weighted by Gasteiger charge is -2.11. The SMILES string of the molecule is OC(CSc1ccc(Br)cc1)Cc1ccncc1Cl. The zero-order valence-corrected chi connectivity index (χ0v) is 13.3. The Morgan fingerprint density at radius 3 is 2.68 bits per heavy atom. The molecule has 100 valence electrons. The van der Waals surface area contributed by atoms with E-state index in [1.807, 2.05) is 30.3 Å². The van der Waals surface area contributed by atoms with Gasteiger partial charge in [0.2, 0.25) is 0 Å². The molecule has 1 aromatic carbocycles. The van der Waals surface area contributed by atoms with Gasteiger partial charge in [0.1, 0.15) is 0 Å². The first-order valence-electron chi connectivity index (χ1n) is 5.80. The molecule has 0 spiro atoms. The second-order valence-corrected chi connectivity index (χ2v) is 6.51. The van der Waals surface area contributed by atoms with E-state index in [4.69, 9.17) is 11.6 Å². The Balaban J connectivity index is 1.86. The predicted octanol–water partition coefficient (Wildman–Crippen LogP) is 4.19. The molecule has 0 saturated carbocycles. The number of pyridine rings is 1. The lowest BCUT2D eigenvalue weighted by Crippen LogP contribution is -2.13. The van der Waals surface area contributed by atoms with Crippen LogP contribution in [0.3, 0.4) is 0 Å². The maximum atomic E-state index is 10.0. The van der Waals surface area contributed by atoms with Crippen LogP contribution in [0.25, 0.3) is 0 Å². The third kappa shape index (κ3) is 4.80. The van der Waals surface area contributed by atoms with E-state index in [-0.39, 0.29) is 0 Å². The summed E-state index contributed by atoms with van der Waals surface area (Å²) < 4.78 is 1.06. The number of halogens is 2. The molecular weight excluding hydrogens is 346 g/mol. The highest BCUT2D eigenvalue weighted by Gasteiger charge is 2.09. The molecule has 0 aliphatic heterocycles. The molecule has 0 fully saturated rings. The highest BCUT2D eigenvalue weighted by Crippen LogP contribution is 2.23. The second-order valence-electron chi connectivity index (χ2n) is 4.09. The predicted molar refractivity (Wildman–Crippen MR) is 83.8 cm³/mol. The molecule has 0 radical (unpaired) electrons. The van der Waals surface area contributed by atoms with E-state index in [1.165, 1.54) is 0 Å². The van der Waals surface area contributed by atoms with Crippen molar-refractivity contribution in [2.45, 2.75) is 17.4 Å². The number of thioether (sulfide) groups is 1. The van der Waals surface area contributed by atoms with Gasteiger partial charge in [-0.2, -0.15) is 0 Å². The molecular formula is C14H13BrClNOS. The standard InChI is InChI=1S/C14H13BrClNOS/c15-11-1-3-13(4-2-11)19-9-12(18)7-10-5-6-17-8-14(10)16/h1-6,8,12,18H,7,9H2. The molecule has 0 aliphatic carbocycles. The number of rotatable bonds is 5. The van der Waals surface area contributed by atoms with Crippen molar-refractivity contribution in [3.63, 3.8) is 0 Å². The summed E-state index contributed by atoms with van der Waals surface area (Å²) >= 11 is 11.0. The summed E-state index contributed by atoms with van der Waals surface area (Å²) in [5.74, 6) is 0.639. The summed E-state index contributed by atoms with van der Waals surface area (Å²) in [6.45, 7) is 0.